The van der Waals surface area contributed by atoms with Crippen LogP contribution in [0.25, 0.3) is 0 Å². The molecule has 1 aliphatic carbocycles. The molecule has 1 fully saturated rings. The zero-order valence-corrected chi connectivity index (χ0v) is 13.9. The molecular weight excluding hydrogens is 264 g/mol. The Labute approximate surface area is 129 Å². The zero-order valence-electron chi connectivity index (χ0n) is 13.9. The fourth-order valence-corrected chi connectivity index (χ4v) is 3.03. The first kappa shape index (κ1) is 18.0. The second-order valence-electron chi connectivity index (χ2n) is 6.47. The molecular formula is C17H32N2O2. The van der Waals surface area contributed by atoms with Crippen molar-refractivity contribution in [2.45, 2.75) is 78.2 Å². The molecule has 0 bridgehead atoms. The Kier molecular flexibility index (Phi) is 8.40. The standard InChI is InChI=1S/C17H32N2O2/c1-4-6-10-14(5-2)12-18-16(20)17(21)19-15-11-8-7-9-13(15)3/h13-15H,4-12H2,1-3H3,(H,18,20)(H,19,21)/t13-,14+,15+/m1/s1. The fourth-order valence-electron chi connectivity index (χ4n) is 3.03. The van der Waals surface area contributed by atoms with Gasteiger partial charge in [0.1, 0.15) is 0 Å². The molecule has 4 nitrogen and oxygen atoms in total. The number of nitrogens with one attached hydrogen (secondary N) is 2. The lowest BCUT2D eigenvalue weighted by Crippen LogP contribution is -2.48. The van der Waals surface area contributed by atoms with E-state index in [2.05, 4.69) is 31.4 Å². The maximum Gasteiger partial charge on any atom is 0.309 e. The molecule has 0 unspecified atom stereocenters. The van der Waals surface area contributed by atoms with Crippen molar-refractivity contribution in [3.63, 3.8) is 0 Å². The van der Waals surface area contributed by atoms with Crippen molar-refractivity contribution in [3.8, 4) is 0 Å². The highest BCUT2D eigenvalue weighted by Crippen LogP contribution is 2.23. The summed E-state index contributed by atoms with van der Waals surface area (Å²) in [6.07, 6.45) is 9.03. The van der Waals surface area contributed by atoms with E-state index in [1.807, 2.05) is 0 Å². The van der Waals surface area contributed by atoms with E-state index in [0.29, 0.717) is 18.4 Å². The van der Waals surface area contributed by atoms with E-state index < -0.39 is 11.8 Å². The molecule has 1 aliphatic rings. The van der Waals surface area contributed by atoms with Crippen molar-refractivity contribution >= 4 is 11.8 Å². The molecule has 0 spiro atoms. The topological polar surface area (TPSA) is 58.2 Å². The number of carbonyl (C=O) groups excluding carboxylic acids is 2. The third-order valence-electron chi connectivity index (χ3n) is 4.73. The average molecular weight is 296 g/mol. The third-order valence-corrected chi connectivity index (χ3v) is 4.73. The van der Waals surface area contributed by atoms with Gasteiger partial charge < -0.3 is 10.6 Å². The molecule has 0 saturated heterocycles. The Morgan fingerprint density at radius 2 is 1.86 bits per heavy atom. The van der Waals surface area contributed by atoms with E-state index in [-0.39, 0.29) is 6.04 Å². The summed E-state index contributed by atoms with van der Waals surface area (Å²) >= 11 is 0. The van der Waals surface area contributed by atoms with E-state index in [4.69, 9.17) is 0 Å². The van der Waals surface area contributed by atoms with Crippen LogP contribution in [0.5, 0.6) is 0 Å². The van der Waals surface area contributed by atoms with Gasteiger partial charge in [-0.1, -0.05) is 52.9 Å². The van der Waals surface area contributed by atoms with Crippen LogP contribution < -0.4 is 10.6 Å². The lowest BCUT2D eigenvalue weighted by Gasteiger charge is -2.29. The van der Waals surface area contributed by atoms with E-state index in [0.717, 1.165) is 32.1 Å². The summed E-state index contributed by atoms with van der Waals surface area (Å²) in [4.78, 5) is 23.8. The van der Waals surface area contributed by atoms with Crippen LogP contribution in [0, 0.1) is 11.8 Å². The van der Waals surface area contributed by atoms with Crippen LogP contribution >= 0.6 is 0 Å². The highest BCUT2D eigenvalue weighted by Gasteiger charge is 2.25. The molecule has 4 heteroatoms. The number of hydrogen-bond donors (Lipinski definition) is 2. The van der Waals surface area contributed by atoms with Gasteiger partial charge in [0.05, 0.1) is 0 Å². The van der Waals surface area contributed by atoms with Crippen LogP contribution in [0.4, 0.5) is 0 Å². The summed E-state index contributed by atoms with van der Waals surface area (Å²) in [7, 11) is 0. The monoisotopic (exact) mass is 296 g/mol. The Morgan fingerprint density at radius 1 is 1.14 bits per heavy atom. The quantitative estimate of drug-likeness (QED) is 0.710. The molecule has 0 aromatic rings. The predicted octanol–water partition coefficient (Wildman–Crippen LogP) is 3.01. The Balaban J connectivity index is 2.31. The van der Waals surface area contributed by atoms with Crippen molar-refractivity contribution < 1.29 is 9.59 Å². The molecule has 0 aromatic carbocycles. The van der Waals surface area contributed by atoms with Crippen LogP contribution in [0.2, 0.25) is 0 Å². The molecule has 0 aliphatic heterocycles. The summed E-state index contributed by atoms with van der Waals surface area (Å²) in [5.41, 5.74) is 0. The van der Waals surface area contributed by atoms with Gasteiger partial charge in [0, 0.05) is 12.6 Å². The van der Waals surface area contributed by atoms with Gasteiger partial charge in [-0.05, 0) is 31.1 Å². The maximum atomic E-state index is 11.9. The average Bonchev–Trinajstić information content (AvgIpc) is 2.49. The van der Waals surface area contributed by atoms with Crippen molar-refractivity contribution in [1.29, 1.82) is 0 Å². The maximum absolute atomic E-state index is 11.9. The van der Waals surface area contributed by atoms with Gasteiger partial charge in [-0.25, -0.2) is 0 Å². The first-order valence-corrected chi connectivity index (χ1v) is 8.67. The van der Waals surface area contributed by atoms with Gasteiger partial charge in [-0.3, -0.25) is 9.59 Å². The number of carbonyl (C=O) groups is 2. The lowest BCUT2D eigenvalue weighted by molar-refractivity contribution is -0.140. The van der Waals surface area contributed by atoms with E-state index in [9.17, 15) is 9.59 Å². The SMILES string of the molecule is CCCC[C@H](CC)CNC(=O)C(=O)N[C@H]1CCCC[C@H]1C. The minimum atomic E-state index is -0.470. The van der Waals surface area contributed by atoms with Gasteiger partial charge >= 0.3 is 11.8 Å². The number of amides is 2. The van der Waals surface area contributed by atoms with Gasteiger partial charge in [0.15, 0.2) is 0 Å². The summed E-state index contributed by atoms with van der Waals surface area (Å²) in [6.45, 7) is 7.07. The number of hydrogen-bond acceptors (Lipinski definition) is 2. The van der Waals surface area contributed by atoms with E-state index in [1.54, 1.807) is 0 Å². The summed E-state index contributed by atoms with van der Waals surface area (Å²) < 4.78 is 0. The minimum absolute atomic E-state index is 0.166. The second kappa shape index (κ2) is 9.80. The number of unbranched alkanes of at least 4 members (excludes halogenated alkanes) is 1. The highest BCUT2D eigenvalue weighted by molar-refractivity contribution is 6.35. The molecule has 2 N–H and O–H groups in total. The van der Waals surface area contributed by atoms with Crippen LogP contribution in [-0.2, 0) is 9.59 Å². The molecule has 3 atom stereocenters. The highest BCUT2D eigenvalue weighted by atomic mass is 16.2. The normalized spacial score (nSPS) is 23.4. The van der Waals surface area contributed by atoms with Crippen LogP contribution in [-0.4, -0.2) is 24.4 Å². The first-order chi connectivity index (χ1) is 10.1. The summed E-state index contributed by atoms with van der Waals surface area (Å²) in [5.74, 6) is 0.0283. The van der Waals surface area contributed by atoms with Crippen LogP contribution in [0.15, 0.2) is 0 Å². The molecule has 0 radical (unpaired) electrons. The Hall–Kier alpha value is -1.06. The van der Waals surface area contributed by atoms with Gasteiger partial charge in [0.25, 0.3) is 0 Å². The van der Waals surface area contributed by atoms with Gasteiger partial charge in [-0.2, -0.15) is 0 Å². The zero-order chi connectivity index (χ0) is 15.7. The summed E-state index contributed by atoms with van der Waals surface area (Å²) in [5, 5.41) is 5.70. The van der Waals surface area contributed by atoms with Crippen molar-refractivity contribution in [2.24, 2.45) is 11.8 Å². The summed E-state index contributed by atoms with van der Waals surface area (Å²) in [6, 6.07) is 0.166. The van der Waals surface area contributed by atoms with Crippen LogP contribution in [0.3, 0.4) is 0 Å². The number of rotatable bonds is 7. The third kappa shape index (κ3) is 6.49. The largest absolute Gasteiger partial charge is 0.348 e. The van der Waals surface area contributed by atoms with Crippen molar-refractivity contribution in [3.05, 3.63) is 0 Å². The molecule has 2 amide bonds. The lowest BCUT2D eigenvalue weighted by atomic mass is 9.86. The predicted molar refractivity (Wildman–Crippen MR) is 85.9 cm³/mol. The second-order valence-corrected chi connectivity index (χ2v) is 6.47. The molecule has 0 heterocycles. The van der Waals surface area contributed by atoms with E-state index in [1.165, 1.54) is 19.3 Å². The van der Waals surface area contributed by atoms with Crippen LogP contribution in [0.1, 0.15) is 72.1 Å². The fraction of sp³-hybridized carbons (Fsp3) is 0.882. The smallest absolute Gasteiger partial charge is 0.309 e. The minimum Gasteiger partial charge on any atom is -0.348 e. The van der Waals surface area contributed by atoms with E-state index >= 15 is 0 Å². The molecule has 122 valence electrons. The van der Waals surface area contributed by atoms with Gasteiger partial charge in [0.2, 0.25) is 0 Å². The Morgan fingerprint density at radius 3 is 2.48 bits per heavy atom. The first-order valence-electron chi connectivity index (χ1n) is 8.67. The molecule has 21 heavy (non-hydrogen) atoms. The van der Waals surface area contributed by atoms with Crippen molar-refractivity contribution in [2.75, 3.05) is 6.54 Å². The molecule has 0 aromatic heterocycles. The molecule has 1 rings (SSSR count). The van der Waals surface area contributed by atoms with Crippen molar-refractivity contribution in [1.82, 2.24) is 10.6 Å². The van der Waals surface area contributed by atoms with Gasteiger partial charge in [-0.15, -0.1) is 0 Å². The Bertz CT molecular complexity index is 331. The molecule has 1 saturated carbocycles.